The van der Waals surface area contributed by atoms with Crippen molar-refractivity contribution in [3.63, 3.8) is 0 Å². The van der Waals surface area contributed by atoms with Gasteiger partial charge in [0.05, 0.1) is 0 Å². The molecule has 0 saturated carbocycles. The maximum atomic E-state index is 6.53. The summed E-state index contributed by atoms with van der Waals surface area (Å²) < 4.78 is 0. The second-order valence-electron chi connectivity index (χ2n) is 7.55. The van der Waals surface area contributed by atoms with E-state index >= 15 is 0 Å². The largest absolute Gasteiger partial charge is 0.398 e. The van der Waals surface area contributed by atoms with E-state index in [0.29, 0.717) is 0 Å². The minimum Gasteiger partial charge on any atom is -0.398 e. The van der Waals surface area contributed by atoms with E-state index in [0.717, 1.165) is 16.8 Å². The summed E-state index contributed by atoms with van der Waals surface area (Å²) in [6, 6.07) is 30.2. The highest BCUT2D eigenvalue weighted by Crippen LogP contribution is 2.43. The molecular formula is C27H25N. The lowest BCUT2D eigenvalue weighted by Gasteiger charge is -2.19. The summed E-state index contributed by atoms with van der Waals surface area (Å²) >= 11 is 0. The standard InChI is InChI=1S/C27H25N/c1-18-4-10-21(11-5-18)24-16-17-25(28)27(23-14-8-20(3)9-15-23)26(24)22-12-6-19(2)7-13-22/h4-17H,28H2,1-3H3. The van der Waals surface area contributed by atoms with Crippen LogP contribution in [-0.4, -0.2) is 0 Å². The van der Waals surface area contributed by atoms with Gasteiger partial charge in [0.2, 0.25) is 0 Å². The number of hydrogen-bond acceptors (Lipinski definition) is 1. The third-order valence-corrected chi connectivity index (χ3v) is 5.28. The Morgan fingerprint density at radius 3 is 1.29 bits per heavy atom. The summed E-state index contributed by atoms with van der Waals surface area (Å²) in [6.45, 7) is 6.34. The van der Waals surface area contributed by atoms with Crippen LogP contribution in [0.3, 0.4) is 0 Å². The van der Waals surface area contributed by atoms with Crippen molar-refractivity contribution in [1.29, 1.82) is 0 Å². The second-order valence-corrected chi connectivity index (χ2v) is 7.55. The second kappa shape index (κ2) is 7.36. The van der Waals surface area contributed by atoms with E-state index in [9.17, 15) is 0 Å². The van der Waals surface area contributed by atoms with Gasteiger partial charge in [0.1, 0.15) is 0 Å². The molecule has 0 aliphatic rings. The number of hydrogen-bond donors (Lipinski definition) is 1. The summed E-state index contributed by atoms with van der Waals surface area (Å²) in [5, 5.41) is 0. The zero-order valence-electron chi connectivity index (χ0n) is 16.7. The third kappa shape index (κ3) is 3.44. The molecule has 138 valence electrons. The molecule has 4 aromatic carbocycles. The van der Waals surface area contributed by atoms with Gasteiger partial charge < -0.3 is 5.73 Å². The summed E-state index contributed by atoms with van der Waals surface area (Å²) in [5.41, 5.74) is 18.1. The summed E-state index contributed by atoms with van der Waals surface area (Å²) in [6.07, 6.45) is 0. The summed E-state index contributed by atoms with van der Waals surface area (Å²) in [5.74, 6) is 0. The van der Waals surface area contributed by atoms with Crippen molar-refractivity contribution in [1.82, 2.24) is 0 Å². The highest BCUT2D eigenvalue weighted by Gasteiger charge is 2.17. The van der Waals surface area contributed by atoms with Crippen LogP contribution in [0.5, 0.6) is 0 Å². The average molecular weight is 364 g/mol. The molecule has 4 rings (SSSR count). The lowest BCUT2D eigenvalue weighted by atomic mass is 9.86. The lowest BCUT2D eigenvalue weighted by Crippen LogP contribution is -1.97. The topological polar surface area (TPSA) is 26.0 Å². The van der Waals surface area contributed by atoms with Crippen LogP contribution >= 0.6 is 0 Å². The number of nitrogens with two attached hydrogens (primary N) is 1. The number of nitrogen functional groups attached to an aromatic ring is 1. The van der Waals surface area contributed by atoms with E-state index in [1.54, 1.807) is 0 Å². The van der Waals surface area contributed by atoms with Gasteiger partial charge in [-0.15, -0.1) is 0 Å². The number of anilines is 1. The molecule has 1 nitrogen and oxygen atoms in total. The van der Waals surface area contributed by atoms with Crippen LogP contribution in [0.1, 0.15) is 16.7 Å². The zero-order valence-corrected chi connectivity index (χ0v) is 16.7. The Bertz CT molecular complexity index is 1100. The van der Waals surface area contributed by atoms with Crippen LogP contribution in [0.2, 0.25) is 0 Å². The molecule has 0 bridgehead atoms. The van der Waals surface area contributed by atoms with Crippen LogP contribution in [0.15, 0.2) is 84.9 Å². The van der Waals surface area contributed by atoms with E-state index in [1.807, 2.05) is 6.07 Å². The highest BCUT2D eigenvalue weighted by atomic mass is 14.6. The molecule has 0 radical (unpaired) electrons. The molecule has 4 aromatic rings. The van der Waals surface area contributed by atoms with Crippen LogP contribution in [-0.2, 0) is 0 Å². The van der Waals surface area contributed by atoms with E-state index in [-0.39, 0.29) is 0 Å². The fourth-order valence-corrected chi connectivity index (χ4v) is 3.64. The monoisotopic (exact) mass is 363 g/mol. The number of rotatable bonds is 3. The minimum atomic E-state index is 0.801. The molecule has 0 aliphatic heterocycles. The fourth-order valence-electron chi connectivity index (χ4n) is 3.64. The SMILES string of the molecule is Cc1ccc(-c2ccc(N)c(-c3ccc(C)cc3)c2-c2ccc(C)cc2)cc1. The molecule has 28 heavy (non-hydrogen) atoms. The normalized spacial score (nSPS) is 10.8. The van der Waals surface area contributed by atoms with Crippen molar-refractivity contribution in [3.8, 4) is 33.4 Å². The van der Waals surface area contributed by atoms with Gasteiger partial charge in [-0.3, -0.25) is 0 Å². The smallest absolute Gasteiger partial charge is 0.0400 e. The Hall–Kier alpha value is -3.32. The van der Waals surface area contributed by atoms with Crippen molar-refractivity contribution in [2.75, 3.05) is 5.73 Å². The summed E-state index contributed by atoms with van der Waals surface area (Å²) in [7, 11) is 0. The van der Waals surface area contributed by atoms with E-state index in [4.69, 9.17) is 5.73 Å². The van der Waals surface area contributed by atoms with Crippen LogP contribution < -0.4 is 5.73 Å². The van der Waals surface area contributed by atoms with E-state index < -0.39 is 0 Å². The van der Waals surface area contributed by atoms with E-state index in [1.165, 1.54) is 38.9 Å². The fraction of sp³-hybridized carbons (Fsp3) is 0.111. The van der Waals surface area contributed by atoms with Crippen LogP contribution in [0, 0.1) is 20.8 Å². The minimum absolute atomic E-state index is 0.801. The predicted octanol–water partition coefficient (Wildman–Crippen LogP) is 7.20. The van der Waals surface area contributed by atoms with Gasteiger partial charge in [0, 0.05) is 11.3 Å². The Kier molecular flexibility index (Phi) is 4.75. The Morgan fingerprint density at radius 2 is 0.821 bits per heavy atom. The predicted molar refractivity (Wildman–Crippen MR) is 121 cm³/mol. The Balaban J connectivity index is 2.04. The molecule has 1 heteroatoms. The molecule has 0 atom stereocenters. The van der Waals surface area contributed by atoms with Crippen molar-refractivity contribution >= 4 is 5.69 Å². The maximum Gasteiger partial charge on any atom is 0.0400 e. The van der Waals surface area contributed by atoms with E-state index in [2.05, 4.69) is 99.6 Å². The van der Waals surface area contributed by atoms with Crippen molar-refractivity contribution in [2.24, 2.45) is 0 Å². The first kappa shape index (κ1) is 18.1. The molecule has 0 aromatic heterocycles. The van der Waals surface area contributed by atoms with Gasteiger partial charge >= 0.3 is 0 Å². The molecule has 0 aliphatic carbocycles. The number of aryl methyl sites for hydroxylation is 3. The Labute approximate surface area is 167 Å². The zero-order chi connectivity index (χ0) is 19.7. The van der Waals surface area contributed by atoms with Crippen LogP contribution in [0.4, 0.5) is 5.69 Å². The Morgan fingerprint density at radius 1 is 0.429 bits per heavy atom. The van der Waals surface area contributed by atoms with Gasteiger partial charge in [0.15, 0.2) is 0 Å². The first-order valence-corrected chi connectivity index (χ1v) is 9.66. The molecule has 0 fully saturated rings. The third-order valence-electron chi connectivity index (χ3n) is 5.28. The molecule has 0 heterocycles. The van der Waals surface area contributed by atoms with Gasteiger partial charge in [-0.25, -0.2) is 0 Å². The molecular weight excluding hydrogens is 338 g/mol. The molecule has 0 saturated heterocycles. The molecule has 0 spiro atoms. The van der Waals surface area contributed by atoms with Crippen molar-refractivity contribution in [3.05, 3.63) is 102 Å². The van der Waals surface area contributed by atoms with Gasteiger partial charge in [-0.05, 0) is 54.7 Å². The molecule has 0 amide bonds. The quantitative estimate of drug-likeness (QED) is 0.383. The van der Waals surface area contributed by atoms with Gasteiger partial charge in [0.25, 0.3) is 0 Å². The first-order chi connectivity index (χ1) is 13.5. The average Bonchev–Trinajstić information content (AvgIpc) is 2.70. The number of benzene rings is 4. The highest BCUT2D eigenvalue weighted by molar-refractivity contribution is 5.99. The summed E-state index contributed by atoms with van der Waals surface area (Å²) in [4.78, 5) is 0. The molecule has 0 unspecified atom stereocenters. The molecule has 2 N–H and O–H groups in total. The lowest BCUT2D eigenvalue weighted by molar-refractivity contribution is 1.45. The van der Waals surface area contributed by atoms with Crippen LogP contribution in [0.25, 0.3) is 33.4 Å². The van der Waals surface area contributed by atoms with Gasteiger partial charge in [-0.1, -0.05) is 95.6 Å². The van der Waals surface area contributed by atoms with Crippen molar-refractivity contribution in [2.45, 2.75) is 20.8 Å². The maximum absolute atomic E-state index is 6.53. The first-order valence-electron chi connectivity index (χ1n) is 9.66. The van der Waals surface area contributed by atoms with Crippen molar-refractivity contribution < 1.29 is 0 Å². The van der Waals surface area contributed by atoms with Gasteiger partial charge in [-0.2, -0.15) is 0 Å².